The Morgan fingerprint density at radius 1 is 1.17 bits per heavy atom. The topological polar surface area (TPSA) is 73.6 Å². The number of ether oxygens (including phenoxy) is 2. The fourth-order valence-electron chi connectivity index (χ4n) is 2.52. The molecule has 3 aromatic rings. The van der Waals surface area contributed by atoms with Crippen LogP contribution in [-0.4, -0.2) is 17.7 Å². The van der Waals surface area contributed by atoms with Gasteiger partial charge in [-0.1, -0.05) is 6.07 Å². The highest BCUT2D eigenvalue weighted by Crippen LogP contribution is 2.32. The van der Waals surface area contributed by atoms with E-state index in [0.29, 0.717) is 29.5 Å². The first kappa shape index (κ1) is 13.6. The quantitative estimate of drug-likeness (QED) is 0.805. The van der Waals surface area contributed by atoms with Crippen LogP contribution < -0.4 is 14.8 Å². The van der Waals surface area contributed by atoms with Gasteiger partial charge in [0.25, 0.3) is 5.91 Å². The molecule has 1 N–H and O–H groups in total. The summed E-state index contributed by atoms with van der Waals surface area (Å²) in [6, 6.07) is 10.8. The highest BCUT2D eigenvalue weighted by atomic mass is 16.7. The molecule has 0 atom stereocenters. The Kier molecular flexibility index (Phi) is 3.15. The summed E-state index contributed by atoms with van der Waals surface area (Å²) < 4.78 is 16.0. The van der Waals surface area contributed by atoms with Crippen LogP contribution in [-0.2, 0) is 6.54 Å². The van der Waals surface area contributed by atoms with Gasteiger partial charge in [0.15, 0.2) is 23.0 Å². The fraction of sp³-hybridized carbons (Fsp3) is 0.176. The van der Waals surface area contributed by atoms with E-state index < -0.39 is 0 Å². The first-order valence-electron chi connectivity index (χ1n) is 7.23. The number of carbonyl (C=O) groups is 1. The Balaban J connectivity index is 1.47. The van der Waals surface area contributed by atoms with E-state index in [1.807, 2.05) is 18.2 Å². The van der Waals surface area contributed by atoms with Crippen molar-refractivity contribution in [3.8, 4) is 11.5 Å². The van der Waals surface area contributed by atoms with Gasteiger partial charge in [0, 0.05) is 19.0 Å². The molecule has 2 aromatic carbocycles. The average molecular weight is 310 g/mol. The zero-order valence-electron chi connectivity index (χ0n) is 12.5. The summed E-state index contributed by atoms with van der Waals surface area (Å²) in [6.07, 6.45) is 0. The van der Waals surface area contributed by atoms with Crippen LogP contribution in [0, 0.1) is 6.92 Å². The zero-order valence-corrected chi connectivity index (χ0v) is 12.5. The maximum absolute atomic E-state index is 12.2. The lowest BCUT2D eigenvalue weighted by atomic mass is 10.1. The molecule has 1 aliphatic heterocycles. The third-order valence-electron chi connectivity index (χ3n) is 3.65. The Bertz CT molecular complexity index is 901. The van der Waals surface area contributed by atoms with Crippen LogP contribution in [0.2, 0.25) is 0 Å². The van der Waals surface area contributed by atoms with E-state index in [1.165, 1.54) is 0 Å². The third kappa shape index (κ3) is 2.59. The summed E-state index contributed by atoms with van der Waals surface area (Å²) in [4.78, 5) is 16.5. The largest absolute Gasteiger partial charge is 0.454 e. The molecule has 6 nitrogen and oxygen atoms in total. The average Bonchev–Trinajstić information content (AvgIpc) is 3.16. The van der Waals surface area contributed by atoms with Crippen molar-refractivity contribution in [2.24, 2.45) is 0 Å². The van der Waals surface area contributed by atoms with Gasteiger partial charge in [-0.3, -0.25) is 4.79 Å². The van der Waals surface area contributed by atoms with Crippen LogP contribution in [0.5, 0.6) is 11.5 Å². The molecule has 1 aliphatic rings. The number of hydrogen-bond donors (Lipinski definition) is 1. The molecule has 1 aromatic heterocycles. The molecule has 1 amide bonds. The minimum Gasteiger partial charge on any atom is -0.454 e. The van der Waals surface area contributed by atoms with Crippen molar-refractivity contribution in [2.75, 3.05) is 6.79 Å². The number of rotatable bonds is 3. The molecule has 0 spiro atoms. The Morgan fingerprint density at radius 3 is 2.96 bits per heavy atom. The molecule has 0 aliphatic carbocycles. The number of fused-ring (bicyclic) bond motifs is 2. The summed E-state index contributed by atoms with van der Waals surface area (Å²) in [5, 5.41) is 2.88. The summed E-state index contributed by atoms with van der Waals surface area (Å²) in [7, 11) is 0. The van der Waals surface area contributed by atoms with Crippen LogP contribution in [0.1, 0.15) is 21.8 Å². The number of aromatic nitrogens is 1. The van der Waals surface area contributed by atoms with Crippen molar-refractivity contribution in [1.29, 1.82) is 0 Å². The van der Waals surface area contributed by atoms with E-state index >= 15 is 0 Å². The SMILES string of the molecule is Cc1nc2ccc(CNC(=O)c3ccc4c(c3)OCO4)cc2o1. The maximum atomic E-state index is 12.2. The van der Waals surface area contributed by atoms with E-state index in [-0.39, 0.29) is 12.7 Å². The van der Waals surface area contributed by atoms with Gasteiger partial charge in [-0.25, -0.2) is 4.98 Å². The predicted molar refractivity (Wildman–Crippen MR) is 82.5 cm³/mol. The van der Waals surface area contributed by atoms with Gasteiger partial charge in [-0.2, -0.15) is 0 Å². The van der Waals surface area contributed by atoms with E-state index in [0.717, 1.165) is 16.7 Å². The van der Waals surface area contributed by atoms with Gasteiger partial charge in [0.1, 0.15) is 5.52 Å². The van der Waals surface area contributed by atoms with Gasteiger partial charge in [0.2, 0.25) is 6.79 Å². The summed E-state index contributed by atoms with van der Waals surface area (Å²) in [5.41, 5.74) is 3.01. The lowest BCUT2D eigenvalue weighted by Gasteiger charge is -2.06. The smallest absolute Gasteiger partial charge is 0.251 e. The van der Waals surface area contributed by atoms with E-state index in [1.54, 1.807) is 25.1 Å². The van der Waals surface area contributed by atoms with Crippen molar-refractivity contribution in [1.82, 2.24) is 10.3 Å². The first-order valence-corrected chi connectivity index (χ1v) is 7.23. The standard InChI is InChI=1S/C17H14N2O4/c1-10-19-13-4-2-11(6-15(13)23-10)8-18-17(20)12-3-5-14-16(7-12)22-9-21-14/h2-7H,8-9H2,1H3,(H,18,20). The van der Waals surface area contributed by atoms with Crippen LogP contribution >= 0.6 is 0 Å². The summed E-state index contributed by atoms with van der Waals surface area (Å²) >= 11 is 0. The van der Waals surface area contributed by atoms with E-state index in [2.05, 4.69) is 10.3 Å². The normalized spacial score (nSPS) is 12.6. The van der Waals surface area contributed by atoms with Crippen LogP contribution in [0.25, 0.3) is 11.1 Å². The van der Waals surface area contributed by atoms with Crippen molar-refractivity contribution >= 4 is 17.0 Å². The second-order valence-corrected chi connectivity index (χ2v) is 5.29. The summed E-state index contributed by atoms with van der Waals surface area (Å²) in [5.74, 6) is 1.71. The number of aryl methyl sites for hydroxylation is 1. The molecule has 116 valence electrons. The minimum absolute atomic E-state index is 0.169. The second-order valence-electron chi connectivity index (χ2n) is 5.29. The Morgan fingerprint density at radius 2 is 2.04 bits per heavy atom. The lowest BCUT2D eigenvalue weighted by molar-refractivity contribution is 0.0950. The number of hydrogen-bond acceptors (Lipinski definition) is 5. The van der Waals surface area contributed by atoms with Gasteiger partial charge >= 0.3 is 0 Å². The molecule has 23 heavy (non-hydrogen) atoms. The molecular formula is C17H14N2O4. The van der Waals surface area contributed by atoms with Crippen molar-refractivity contribution in [3.63, 3.8) is 0 Å². The van der Waals surface area contributed by atoms with Crippen LogP contribution in [0.3, 0.4) is 0 Å². The van der Waals surface area contributed by atoms with Crippen LogP contribution in [0.15, 0.2) is 40.8 Å². The molecule has 0 radical (unpaired) electrons. The van der Waals surface area contributed by atoms with Gasteiger partial charge in [-0.15, -0.1) is 0 Å². The molecule has 4 rings (SSSR count). The molecule has 0 bridgehead atoms. The number of carbonyl (C=O) groups excluding carboxylic acids is 1. The van der Waals surface area contributed by atoms with Gasteiger partial charge in [-0.05, 0) is 35.9 Å². The fourth-order valence-corrected chi connectivity index (χ4v) is 2.52. The van der Waals surface area contributed by atoms with Gasteiger partial charge in [0.05, 0.1) is 0 Å². The predicted octanol–water partition coefficient (Wildman–Crippen LogP) is 2.79. The molecule has 0 saturated heterocycles. The van der Waals surface area contributed by atoms with Crippen LogP contribution in [0.4, 0.5) is 0 Å². The monoisotopic (exact) mass is 310 g/mol. The molecule has 6 heteroatoms. The molecule has 0 saturated carbocycles. The highest BCUT2D eigenvalue weighted by molar-refractivity contribution is 5.94. The Labute approximate surface area is 132 Å². The molecule has 2 heterocycles. The number of nitrogens with one attached hydrogen (secondary N) is 1. The zero-order chi connectivity index (χ0) is 15.8. The number of oxazole rings is 1. The summed E-state index contributed by atoms with van der Waals surface area (Å²) in [6.45, 7) is 2.40. The van der Waals surface area contributed by atoms with Crippen molar-refractivity contribution in [3.05, 3.63) is 53.4 Å². The molecular weight excluding hydrogens is 296 g/mol. The molecule has 0 fully saturated rings. The number of nitrogens with zero attached hydrogens (tertiary/aromatic N) is 1. The lowest BCUT2D eigenvalue weighted by Crippen LogP contribution is -2.22. The van der Waals surface area contributed by atoms with Crippen molar-refractivity contribution in [2.45, 2.75) is 13.5 Å². The first-order chi connectivity index (χ1) is 11.2. The van der Waals surface area contributed by atoms with Gasteiger partial charge < -0.3 is 19.2 Å². The number of benzene rings is 2. The minimum atomic E-state index is -0.169. The van der Waals surface area contributed by atoms with E-state index in [4.69, 9.17) is 13.9 Å². The maximum Gasteiger partial charge on any atom is 0.251 e. The molecule has 0 unspecified atom stereocenters. The second kappa shape index (κ2) is 5.31. The third-order valence-corrected chi connectivity index (χ3v) is 3.65. The van der Waals surface area contributed by atoms with E-state index in [9.17, 15) is 4.79 Å². The number of amides is 1. The highest BCUT2D eigenvalue weighted by Gasteiger charge is 2.16. The Hall–Kier alpha value is -3.02. The van der Waals surface area contributed by atoms with Crippen molar-refractivity contribution < 1.29 is 18.7 Å².